The molecular weight excluding hydrogens is 284 g/mol. The van der Waals surface area contributed by atoms with E-state index in [4.69, 9.17) is 0 Å². The second-order valence-corrected chi connectivity index (χ2v) is 5.50. The van der Waals surface area contributed by atoms with Crippen LogP contribution in [0.5, 0.6) is 0 Å². The van der Waals surface area contributed by atoms with Gasteiger partial charge in [-0.2, -0.15) is 5.10 Å². The molecular formula is C15H14N4OS. The van der Waals surface area contributed by atoms with Crippen molar-refractivity contribution in [2.24, 2.45) is 0 Å². The Morgan fingerprint density at radius 1 is 1.24 bits per heavy atom. The van der Waals surface area contributed by atoms with Gasteiger partial charge in [0.2, 0.25) is 0 Å². The zero-order chi connectivity index (χ0) is 14.8. The number of benzene rings is 1. The molecule has 0 aliphatic heterocycles. The van der Waals surface area contributed by atoms with Gasteiger partial charge < -0.3 is 0 Å². The maximum atomic E-state index is 12.3. The first-order valence-electron chi connectivity index (χ1n) is 6.48. The molecule has 21 heavy (non-hydrogen) atoms. The number of carbonyl (C=O) groups excluding carboxylic acids is 1. The van der Waals surface area contributed by atoms with Crippen LogP contribution < -0.4 is 5.32 Å². The fourth-order valence-electron chi connectivity index (χ4n) is 2.04. The molecule has 0 spiro atoms. The van der Waals surface area contributed by atoms with Crippen molar-refractivity contribution in [2.75, 3.05) is 5.32 Å². The highest BCUT2D eigenvalue weighted by molar-refractivity contribution is 7.13. The van der Waals surface area contributed by atoms with Crippen molar-refractivity contribution >= 4 is 22.4 Å². The molecule has 0 radical (unpaired) electrons. The molecule has 0 unspecified atom stereocenters. The summed E-state index contributed by atoms with van der Waals surface area (Å²) in [6.07, 6.45) is 1.58. The Balaban J connectivity index is 1.87. The normalized spacial score (nSPS) is 10.6. The molecule has 1 N–H and O–H groups in total. The summed E-state index contributed by atoms with van der Waals surface area (Å²) < 4.78 is 1.75. The average molecular weight is 298 g/mol. The van der Waals surface area contributed by atoms with Crippen molar-refractivity contribution in [3.63, 3.8) is 0 Å². The van der Waals surface area contributed by atoms with Crippen LogP contribution in [0.3, 0.4) is 0 Å². The molecule has 5 nitrogen and oxygen atoms in total. The Morgan fingerprint density at radius 3 is 2.67 bits per heavy atom. The monoisotopic (exact) mass is 298 g/mol. The number of amides is 1. The summed E-state index contributed by atoms with van der Waals surface area (Å²) in [4.78, 5) is 16.5. The van der Waals surface area contributed by atoms with Crippen LogP contribution in [0.15, 0.2) is 41.9 Å². The number of carbonyl (C=O) groups is 1. The number of para-hydroxylation sites is 1. The summed E-state index contributed by atoms with van der Waals surface area (Å²) in [7, 11) is 0. The van der Waals surface area contributed by atoms with Gasteiger partial charge in [-0.3, -0.25) is 10.1 Å². The van der Waals surface area contributed by atoms with Crippen molar-refractivity contribution in [2.45, 2.75) is 13.8 Å². The molecule has 1 aromatic carbocycles. The lowest BCUT2D eigenvalue weighted by molar-refractivity contribution is 0.102. The first-order chi connectivity index (χ1) is 10.1. The zero-order valence-electron chi connectivity index (χ0n) is 11.7. The Morgan fingerprint density at radius 2 is 2.00 bits per heavy atom. The second-order valence-electron chi connectivity index (χ2n) is 4.64. The van der Waals surface area contributed by atoms with Crippen molar-refractivity contribution in [3.8, 4) is 5.69 Å². The lowest BCUT2D eigenvalue weighted by atomic mass is 10.2. The molecule has 0 atom stereocenters. The van der Waals surface area contributed by atoms with Gasteiger partial charge in [-0.1, -0.05) is 18.2 Å². The van der Waals surface area contributed by atoms with E-state index in [1.54, 1.807) is 10.9 Å². The van der Waals surface area contributed by atoms with E-state index in [0.29, 0.717) is 10.7 Å². The second kappa shape index (κ2) is 5.49. The van der Waals surface area contributed by atoms with Crippen LogP contribution in [0.25, 0.3) is 5.69 Å². The lowest BCUT2D eigenvalue weighted by Gasteiger charge is -2.05. The summed E-state index contributed by atoms with van der Waals surface area (Å²) in [6, 6.07) is 9.72. The molecule has 6 heteroatoms. The van der Waals surface area contributed by atoms with E-state index in [0.717, 1.165) is 17.1 Å². The third-order valence-corrected chi connectivity index (χ3v) is 3.97. The summed E-state index contributed by atoms with van der Waals surface area (Å²) in [5.74, 6) is -0.191. The number of anilines is 1. The van der Waals surface area contributed by atoms with Gasteiger partial charge in [-0.15, -0.1) is 11.3 Å². The number of aromatic nitrogens is 3. The number of nitrogens with zero attached hydrogens (tertiary/aromatic N) is 3. The SMILES string of the molecule is Cc1csc(NC(=O)c2cnn(-c3ccccc3)c2C)n1. The van der Waals surface area contributed by atoms with Gasteiger partial charge in [0, 0.05) is 5.38 Å². The maximum absolute atomic E-state index is 12.3. The van der Waals surface area contributed by atoms with Gasteiger partial charge in [0.15, 0.2) is 5.13 Å². The highest BCUT2D eigenvalue weighted by Gasteiger charge is 2.16. The Hall–Kier alpha value is -2.47. The third-order valence-electron chi connectivity index (χ3n) is 3.09. The molecule has 0 aliphatic carbocycles. The van der Waals surface area contributed by atoms with Crippen molar-refractivity contribution < 1.29 is 4.79 Å². The molecule has 2 heterocycles. The van der Waals surface area contributed by atoms with Crippen molar-refractivity contribution in [1.29, 1.82) is 0 Å². The van der Waals surface area contributed by atoms with E-state index in [1.807, 2.05) is 49.6 Å². The number of hydrogen-bond acceptors (Lipinski definition) is 4. The first-order valence-corrected chi connectivity index (χ1v) is 7.36. The van der Waals surface area contributed by atoms with Gasteiger partial charge >= 0.3 is 0 Å². The minimum Gasteiger partial charge on any atom is -0.298 e. The van der Waals surface area contributed by atoms with E-state index in [2.05, 4.69) is 15.4 Å². The van der Waals surface area contributed by atoms with Crippen LogP contribution in [0.4, 0.5) is 5.13 Å². The molecule has 3 rings (SSSR count). The summed E-state index contributed by atoms with van der Waals surface area (Å²) in [5.41, 5.74) is 3.17. The Kier molecular flexibility index (Phi) is 3.53. The Labute approximate surface area is 126 Å². The molecule has 106 valence electrons. The fraction of sp³-hybridized carbons (Fsp3) is 0.133. The van der Waals surface area contributed by atoms with Crippen molar-refractivity contribution in [3.05, 3.63) is 58.9 Å². The molecule has 0 saturated carbocycles. The fourth-order valence-corrected chi connectivity index (χ4v) is 2.72. The largest absolute Gasteiger partial charge is 0.298 e. The molecule has 3 aromatic rings. The van der Waals surface area contributed by atoms with Gasteiger partial charge in [0.05, 0.1) is 28.8 Å². The lowest BCUT2D eigenvalue weighted by Crippen LogP contribution is -2.13. The number of nitrogens with one attached hydrogen (secondary N) is 1. The molecule has 0 bridgehead atoms. The highest BCUT2D eigenvalue weighted by atomic mass is 32.1. The van der Waals surface area contributed by atoms with E-state index in [9.17, 15) is 4.79 Å². The van der Waals surface area contributed by atoms with Gasteiger partial charge in [0.1, 0.15) is 0 Å². The zero-order valence-corrected chi connectivity index (χ0v) is 12.5. The van der Waals surface area contributed by atoms with Crippen LogP contribution in [-0.4, -0.2) is 20.7 Å². The van der Waals surface area contributed by atoms with E-state index < -0.39 is 0 Å². The Bertz CT molecular complexity index is 776. The smallest absolute Gasteiger partial charge is 0.260 e. The number of hydrogen-bond donors (Lipinski definition) is 1. The molecule has 1 amide bonds. The summed E-state index contributed by atoms with van der Waals surface area (Å²) >= 11 is 1.41. The molecule has 0 saturated heterocycles. The summed E-state index contributed by atoms with van der Waals surface area (Å²) in [5, 5.41) is 9.59. The number of aryl methyl sites for hydroxylation is 1. The van der Waals surface area contributed by atoms with E-state index in [-0.39, 0.29) is 5.91 Å². The van der Waals surface area contributed by atoms with E-state index in [1.165, 1.54) is 11.3 Å². The van der Waals surface area contributed by atoms with Crippen LogP contribution >= 0.6 is 11.3 Å². The maximum Gasteiger partial charge on any atom is 0.260 e. The number of thiazole rings is 1. The van der Waals surface area contributed by atoms with Crippen LogP contribution in [0, 0.1) is 13.8 Å². The molecule has 0 fully saturated rings. The predicted octanol–water partition coefficient (Wildman–Crippen LogP) is 3.20. The first kappa shape index (κ1) is 13.5. The minimum atomic E-state index is -0.191. The topological polar surface area (TPSA) is 59.8 Å². The quantitative estimate of drug-likeness (QED) is 0.807. The minimum absolute atomic E-state index is 0.191. The summed E-state index contributed by atoms with van der Waals surface area (Å²) in [6.45, 7) is 3.77. The average Bonchev–Trinajstić information content (AvgIpc) is 3.06. The van der Waals surface area contributed by atoms with Gasteiger partial charge in [0.25, 0.3) is 5.91 Å². The van der Waals surface area contributed by atoms with Gasteiger partial charge in [-0.25, -0.2) is 9.67 Å². The van der Waals surface area contributed by atoms with E-state index >= 15 is 0 Å². The van der Waals surface area contributed by atoms with Gasteiger partial charge in [-0.05, 0) is 26.0 Å². The van der Waals surface area contributed by atoms with Crippen molar-refractivity contribution in [1.82, 2.24) is 14.8 Å². The third kappa shape index (κ3) is 2.71. The molecule has 2 aromatic heterocycles. The molecule has 0 aliphatic rings. The predicted molar refractivity (Wildman–Crippen MR) is 83.1 cm³/mol. The number of rotatable bonds is 3. The standard InChI is InChI=1S/C15H14N4OS/c1-10-9-21-15(17-10)18-14(20)13-8-16-19(11(13)2)12-6-4-3-5-7-12/h3-9H,1-2H3,(H,17,18,20). The van der Waals surface area contributed by atoms with Crippen LogP contribution in [0.1, 0.15) is 21.7 Å². The highest BCUT2D eigenvalue weighted by Crippen LogP contribution is 2.18. The van der Waals surface area contributed by atoms with Crippen LogP contribution in [-0.2, 0) is 0 Å². The van der Waals surface area contributed by atoms with Crippen LogP contribution in [0.2, 0.25) is 0 Å².